The Morgan fingerprint density at radius 2 is 1.94 bits per heavy atom. The standard InChI is InChI=1S/C13H9Cl2NO2/c14-8-3-4-9(11(15)5-8)13(18)10(6-16)12(17)7-1-2-7/h3-5,7,16H,1-2H2. The van der Waals surface area contributed by atoms with Gasteiger partial charge in [0.25, 0.3) is 0 Å². The highest BCUT2D eigenvalue weighted by molar-refractivity contribution is 6.40. The van der Waals surface area contributed by atoms with Crippen molar-refractivity contribution in [3.05, 3.63) is 39.4 Å². The van der Waals surface area contributed by atoms with Crippen molar-refractivity contribution in [2.75, 3.05) is 0 Å². The molecule has 0 radical (unpaired) electrons. The Hall–Kier alpha value is -1.41. The first-order valence-electron chi connectivity index (χ1n) is 5.38. The number of carbonyl (C=O) groups excluding carboxylic acids is 2. The van der Waals surface area contributed by atoms with Crippen molar-refractivity contribution >= 4 is 40.6 Å². The summed E-state index contributed by atoms with van der Waals surface area (Å²) in [5.41, 5.74) is -0.0634. The minimum absolute atomic E-state index is 0.132. The van der Waals surface area contributed by atoms with Gasteiger partial charge in [-0.3, -0.25) is 15.0 Å². The van der Waals surface area contributed by atoms with Crippen molar-refractivity contribution in [1.82, 2.24) is 0 Å². The fourth-order valence-corrected chi connectivity index (χ4v) is 2.08. The van der Waals surface area contributed by atoms with E-state index in [2.05, 4.69) is 0 Å². The average Bonchev–Trinajstić information content (AvgIpc) is 3.13. The van der Waals surface area contributed by atoms with Gasteiger partial charge < -0.3 is 0 Å². The second-order valence-electron chi connectivity index (χ2n) is 4.09. The predicted octanol–water partition coefficient (Wildman–Crippen LogP) is 3.33. The number of halogens is 2. The van der Waals surface area contributed by atoms with Crippen molar-refractivity contribution in [2.24, 2.45) is 5.92 Å². The summed E-state index contributed by atoms with van der Waals surface area (Å²) in [6.45, 7) is 0. The lowest BCUT2D eigenvalue weighted by Gasteiger charge is -2.04. The summed E-state index contributed by atoms with van der Waals surface area (Å²) in [6.07, 6.45) is 1.54. The van der Waals surface area contributed by atoms with E-state index in [1.165, 1.54) is 18.2 Å². The zero-order chi connectivity index (χ0) is 13.3. The molecule has 5 heteroatoms. The van der Waals surface area contributed by atoms with Crippen LogP contribution in [0.4, 0.5) is 0 Å². The van der Waals surface area contributed by atoms with Crippen molar-refractivity contribution in [3.63, 3.8) is 0 Å². The van der Waals surface area contributed by atoms with Crippen LogP contribution >= 0.6 is 23.2 Å². The van der Waals surface area contributed by atoms with Gasteiger partial charge in [0.1, 0.15) is 5.57 Å². The van der Waals surface area contributed by atoms with Crippen molar-refractivity contribution in [3.8, 4) is 0 Å². The molecular weight excluding hydrogens is 273 g/mol. The van der Waals surface area contributed by atoms with E-state index in [1.54, 1.807) is 0 Å². The van der Waals surface area contributed by atoms with Gasteiger partial charge >= 0.3 is 0 Å². The minimum atomic E-state index is -0.566. The SMILES string of the molecule is N=C=C(C(=O)c1ccc(Cl)cc1Cl)C(=O)C1CC1. The smallest absolute Gasteiger partial charge is 0.207 e. The second kappa shape index (κ2) is 5.07. The lowest BCUT2D eigenvalue weighted by atomic mass is 9.99. The topological polar surface area (TPSA) is 58.0 Å². The molecule has 1 aromatic carbocycles. The molecule has 0 atom stereocenters. The van der Waals surface area contributed by atoms with E-state index in [4.69, 9.17) is 28.6 Å². The molecule has 1 aliphatic rings. The Morgan fingerprint density at radius 3 is 2.44 bits per heavy atom. The van der Waals surface area contributed by atoms with Gasteiger partial charge in [-0.05, 0) is 36.9 Å². The zero-order valence-corrected chi connectivity index (χ0v) is 10.8. The van der Waals surface area contributed by atoms with Crippen LogP contribution in [-0.4, -0.2) is 17.4 Å². The molecule has 0 bridgehead atoms. The van der Waals surface area contributed by atoms with Crippen molar-refractivity contribution < 1.29 is 9.59 Å². The number of carbonyl (C=O) groups is 2. The number of ketones is 2. The molecule has 1 fully saturated rings. The first-order chi connectivity index (χ1) is 8.54. The van der Waals surface area contributed by atoms with E-state index in [0.717, 1.165) is 12.8 Å². The lowest BCUT2D eigenvalue weighted by molar-refractivity contribution is -0.116. The van der Waals surface area contributed by atoms with E-state index in [0.29, 0.717) is 5.02 Å². The van der Waals surface area contributed by atoms with Crippen LogP contribution in [0.1, 0.15) is 23.2 Å². The molecule has 1 aromatic rings. The maximum absolute atomic E-state index is 12.1. The number of hydrogen-bond donors (Lipinski definition) is 1. The van der Waals surface area contributed by atoms with Gasteiger partial charge in [-0.15, -0.1) is 0 Å². The van der Waals surface area contributed by atoms with E-state index >= 15 is 0 Å². The number of hydrogen-bond acceptors (Lipinski definition) is 3. The molecule has 0 aromatic heterocycles. The first kappa shape index (κ1) is 13.0. The molecule has 1 N–H and O–H groups in total. The van der Waals surface area contributed by atoms with Crippen LogP contribution in [0.25, 0.3) is 0 Å². The maximum atomic E-state index is 12.1. The van der Waals surface area contributed by atoms with Crippen LogP contribution < -0.4 is 0 Å². The van der Waals surface area contributed by atoms with Crippen LogP contribution in [0.2, 0.25) is 10.0 Å². The quantitative estimate of drug-likeness (QED) is 0.303. The molecule has 92 valence electrons. The van der Waals surface area contributed by atoms with Gasteiger partial charge in [0, 0.05) is 16.5 Å². The highest BCUT2D eigenvalue weighted by Crippen LogP contribution is 2.33. The molecule has 0 unspecified atom stereocenters. The van der Waals surface area contributed by atoms with Crippen molar-refractivity contribution in [1.29, 1.82) is 5.41 Å². The molecular formula is C13H9Cl2NO2. The summed E-state index contributed by atoms with van der Waals surface area (Å²) in [4.78, 5) is 23.9. The minimum Gasteiger partial charge on any atom is -0.293 e. The fourth-order valence-electron chi connectivity index (χ4n) is 1.59. The summed E-state index contributed by atoms with van der Waals surface area (Å²) in [7, 11) is 0. The van der Waals surface area contributed by atoms with Crippen LogP contribution in [0.15, 0.2) is 23.8 Å². The third-order valence-electron chi connectivity index (χ3n) is 2.72. The van der Waals surface area contributed by atoms with Crippen LogP contribution in [0.3, 0.4) is 0 Å². The van der Waals surface area contributed by atoms with Gasteiger partial charge in [0.05, 0.1) is 5.02 Å². The molecule has 0 aliphatic heterocycles. The Labute approximate surface area is 114 Å². The summed E-state index contributed by atoms with van der Waals surface area (Å²) in [5, 5.41) is 7.68. The number of benzene rings is 1. The predicted molar refractivity (Wildman–Crippen MR) is 69.8 cm³/mol. The summed E-state index contributed by atoms with van der Waals surface area (Å²) >= 11 is 11.6. The van der Waals surface area contributed by atoms with Gasteiger partial charge in [-0.25, -0.2) is 0 Å². The van der Waals surface area contributed by atoms with E-state index in [-0.39, 0.29) is 27.9 Å². The fraction of sp³-hybridized carbons (Fsp3) is 0.231. The largest absolute Gasteiger partial charge is 0.293 e. The zero-order valence-electron chi connectivity index (χ0n) is 9.30. The van der Waals surface area contributed by atoms with Gasteiger partial charge in [-0.1, -0.05) is 23.2 Å². The Kier molecular flexibility index (Phi) is 3.67. The van der Waals surface area contributed by atoms with Gasteiger partial charge in [0.2, 0.25) is 5.78 Å². The second-order valence-corrected chi connectivity index (χ2v) is 4.94. The highest BCUT2D eigenvalue weighted by atomic mass is 35.5. The normalized spacial score (nSPS) is 13.9. The molecule has 0 spiro atoms. The summed E-state index contributed by atoms with van der Waals surface area (Å²) < 4.78 is 0. The number of allylic oxidation sites excluding steroid dienone is 1. The van der Waals surface area contributed by atoms with E-state index in [1.807, 2.05) is 5.87 Å². The first-order valence-corrected chi connectivity index (χ1v) is 6.14. The molecule has 0 saturated heterocycles. The molecule has 3 nitrogen and oxygen atoms in total. The molecule has 18 heavy (non-hydrogen) atoms. The number of Topliss-reactive ketones (excluding diaryl/α,β-unsaturated/α-hetero) is 2. The van der Waals surface area contributed by atoms with Crippen molar-refractivity contribution in [2.45, 2.75) is 12.8 Å². The maximum Gasteiger partial charge on any atom is 0.207 e. The molecule has 1 aliphatic carbocycles. The van der Waals surface area contributed by atoms with Crippen LogP contribution in [0, 0.1) is 11.3 Å². The van der Waals surface area contributed by atoms with Crippen LogP contribution in [0.5, 0.6) is 0 Å². The third-order valence-corrected chi connectivity index (χ3v) is 3.27. The number of nitrogens with one attached hydrogen (secondary N) is 1. The van der Waals surface area contributed by atoms with Gasteiger partial charge in [-0.2, -0.15) is 0 Å². The van der Waals surface area contributed by atoms with Gasteiger partial charge in [0.15, 0.2) is 5.78 Å². The molecule has 0 amide bonds. The van der Waals surface area contributed by atoms with E-state index in [9.17, 15) is 9.59 Å². The summed E-state index contributed by atoms with van der Waals surface area (Å²) in [6, 6.07) is 4.40. The Morgan fingerprint density at radius 1 is 1.28 bits per heavy atom. The molecule has 0 heterocycles. The van der Waals surface area contributed by atoms with E-state index < -0.39 is 5.78 Å². The Bertz CT molecular complexity index is 585. The van der Waals surface area contributed by atoms with Crippen LogP contribution in [-0.2, 0) is 4.79 Å². The monoisotopic (exact) mass is 281 g/mol. The molecule has 2 rings (SSSR count). The highest BCUT2D eigenvalue weighted by Gasteiger charge is 2.35. The average molecular weight is 282 g/mol. The third kappa shape index (κ3) is 2.54. The number of rotatable bonds is 4. The Balaban J connectivity index is 2.34. The molecule has 1 saturated carbocycles. The lowest BCUT2D eigenvalue weighted by Crippen LogP contribution is -2.15. The summed E-state index contributed by atoms with van der Waals surface area (Å²) in [5.74, 6) is 0.923.